The lowest BCUT2D eigenvalue weighted by Crippen LogP contribution is -2.04. The van der Waals surface area contributed by atoms with Crippen LogP contribution in [-0.2, 0) is 0 Å². The molecule has 0 aliphatic heterocycles. The Morgan fingerprint density at radius 2 is 2.00 bits per heavy atom. The Kier molecular flexibility index (Phi) is 4.82. The number of ether oxygens (including phenoxy) is 1. The van der Waals surface area contributed by atoms with Gasteiger partial charge < -0.3 is 9.84 Å². The summed E-state index contributed by atoms with van der Waals surface area (Å²) in [6.07, 6.45) is 7.33. The third kappa shape index (κ3) is 3.36. The van der Waals surface area contributed by atoms with Gasteiger partial charge in [0.05, 0.1) is 6.61 Å². The predicted molar refractivity (Wildman–Crippen MR) is 73.7 cm³/mol. The van der Waals surface area contributed by atoms with Crippen LogP contribution in [0.15, 0.2) is 35.9 Å². The third-order valence-electron chi connectivity index (χ3n) is 3.35. The highest BCUT2D eigenvalue weighted by Crippen LogP contribution is 2.30. The Bertz CT molecular complexity index is 392. The van der Waals surface area contributed by atoms with Gasteiger partial charge in [0.2, 0.25) is 0 Å². The molecule has 1 N–H and O–H groups in total. The summed E-state index contributed by atoms with van der Waals surface area (Å²) in [5, 5.41) is 10.3. The second-order valence-electron chi connectivity index (χ2n) is 4.84. The first kappa shape index (κ1) is 13.2. The summed E-state index contributed by atoms with van der Waals surface area (Å²) in [5.74, 6) is 0.880. The van der Waals surface area contributed by atoms with Gasteiger partial charge in [0, 0.05) is 0 Å². The molecule has 98 valence electrons. The Morgan fingerprint density at radius 1 is 1.22 bits per heavy atom. The molecule has 0 amide bonds. The molecule has 0 radical (unpaired) electrons. The molecule has 1 aliphatic rings. The van der Waals surface area contributed by atoms with Gasteiger partial charge in [-0.15, -0.1) is 0 Å². The molecular formula is C16H22O2. The highest BCUT2D eigenvalue weighted by Gasteiger charge is 2.15. The normalized spacial score (nSPS) is 17.1. The van der Waals surface area contributed by atoms with Crippen molar-refractivity contribution >= 4 is 0 Å². The van der Waals surface area contributed by atoms with Gasteiger partial charge in [-0.05, 0) is 55.4 Å². The Hall–Kier alpha value is -1.28. The van der Waals surface area contributed by atoms with Gasteiger partial charge in [-0.3, -0.25) is 0 Å². The van der Waals surface area contributed by atoms with Crippen molar-refractivity contribution in [2.24, 2.45) is 0 Å². The fourth-order valence-electron chi connectivity index (χ4n) is 2.29. The van der Waals surface area contributed by atoms with Gasteiger partial charge in [-0.25, -0.2) is 0 Å². The molecule has 1 unspecified atom stereocenters. The Balaban J connectivity index is 2.02. The predicted octanol–water partition coefficient (Wildman–Crippen LogP) is 4.01. The SMILES string of the molecule is CCCOc1ccc(C(O)C2=CCCCC2)cc1. The van der Waals surface area contributed by atoms with Crippen molar-refractivity contribution in [3.05, 3.63) is 41.5 Å². The van der Waals surface area contributed by atoms with Crippen molar-refractivity contribution in [1.29, 1.82) is 0 Å². The van der Waals surface area contributed by atoms with Crippen molar-refractivity contribution in [1.82, 2.24) is 0 Å². The quantitative estimate of drug-likeness (QED) is 0.795. The van der Waals surface area contributed by atoms with E-state index in [2.05, 4.69) is 13.0 Å². The number of hydrogen-bond donors (Lipinski definition) is 1. The average Bonchev–Trinajstić information content (AvgIpc) is 2.46. The molecule has 0 heterocycles. The molecule has 0 aromatic heterocycles. The van der Waals surface area contributed by atoms with Crippen LogP contribution in [0.1, 0.15) is 50.7 Å². The van der Waals surface area contributed by atoms with Gasteiger partial charge in [0.15, 0.2) is 0 Å². The monoisotopic (exact) mass is 246 g/mol. The fraction of sp³-hybridized carbons (Fsp3) is 0.500. The molecule has 0 saturated carbocycles. The first-order chi connectivity index (χ1) is 8.81. The Labute approximate surface area is 109 Å². The molecular weight excluding hydrogens is 224 g/mol. The van der Waals surface area contributed by atoms with Crippen LogP contribution in [-0.4, -0.2) is 11.7 Å². The van der Waals surface area contributed by atoms with Crippen molar-refractivity contribution in [2.45, 2.75) is 45.1 Å². The molecule has 18 heavy (non-hydrogen) atoms. The molecule has 1 aliphatic carbocycles. The van der Waals surface area contributed by atoms with Crippen molar-refractivity contribution in [3.63, 3.8) is 0 Å². The van der Waals surface area contributed by atoms with Crippen LogP contribution < -0.4 is 4.74 Å². The van der Waals surface area contributed by atoms with Crippen LogP contribution in [0, 0.1) is 0 Å². The fourth-order valence-corrected chi connectivity index (χ4v) is 2.29. The van der Waals surface area contributed by atoms with Gasteiger partial charge in [-0.1, -0.05) is 25.1 Å². The molecule has 2 heteroatoms. The minimum absolute atomic E-state index is 0.439. The number of allylic oxidation sites excluding steroid dienone is 1. The van der Waals surface area contributed by atoms with E-state index in [0.717, 1.165) is 37.2 Å². The number of aliphatic hydroxyl groups is 1. The van der Waals surface area contributed by atoms with Crippen molar-refractivity contribution in [3.8, 4) is 5.75 Å². The van der Waals surface area contributed by atoms with Gasteiger partial charge in [0.25, 0.3) is 0 Å². The maximum atomic E-state index is 10.3. The van der Waals surface area contributed by atoms with E-state index in [-0.39, 0.29) is 0 Å². The van der Waals surface area contributed by atoms with Crippen LogP contribution in [0.2, 0.25) is 0 Å². The molecule has 1 aromatic carbocycles. The number of rotatable bonds is 5. The molecule has 0 bridgehead atoms. The maximum Gasteiger partial charge on any atom is 0.119 e. The van der Waals surface area contributed by atoms with Gasteiger partial charge >= 0.3 is 0 Å². The molecule has 1 atom stereocenters. The van der Waals surface area contributed by atoms with E-state index < -0.39 is 6.10 Å². The maximum absolute atomic E-state index is 10.3. The summed E-state index contributed by atoms with van der Waals surface area (Å²) in [6, 6.07) is 7.81. The number of aliphatic hydroxyl groups excluding tert-OH is 1. The minimum Gasteiger partial charge on any atom is -0.494 e. The summed E-state index contributed by atoms with van der Waals surface area (Å²) in [6.45, 7) is 2.83. The first-order valence-corrected chi connectivity index (χ1v) is 6.91. The standard InChI is InChI=1S/C16H22O2/c1-2-12-18-15-10-8-14(9-11-15)16(17)13-6-4-3-5-7-13/h6,8-11,16-17H,2-5,7,12H2,1H3. The summed E-state index contributed by atoms with van der Waals surface area (Å²) in [5.41, 5.74) is 2.13. The zero-order valence-electron chi connectivity index (χ0n) is 11.1. The molecule has 0 spiro atoms. The molecule has 2 nitrogen and oxygen atoms in total. The second kappa shape index (κ2) is 6.60. The van der Waals surface area contributed by atoms with E-state index in [0.29, 0.717) is 0 Å². The van der Waals surface area contributed by atoms with Gasteiger partial charge in [0.1, 0.15) is 11.9 Å². The summed E-state index contributed by atoms with van der Waals surface area (Å²) >= 11 is 0. The van der Waals surface area contributed by atoms with Crippen LogP contribution in [0.4, 0.5) is 0 Å². The molecule has 2 rings (SSSR count). The lowest BCUT2D eigenvalue weighted by molar-refractivity contribution is 0.208. The van der Waals surface area contributed by atoms with Gasteiger partial charge in [-0.2, -0.15) is 0 Å². The third-order valence-corrected chi connectivity index (χ3v) is 3.35. The van der Waals surface area contributed by atoms with Crippen LogP contribution in [0.25, 0.3) is 0 Å². The van der Waals surface area contributed by atoms with E-state index >= 15 is 0 Å². The zero-order chi connectivity index (χ0) is 12.8. The minimum atomic E-state index is -0.439. The van der Waals surface area contributed by atoms with Crippen LogP contribution >= 0.6 is 0 Å². The van der Waals surface area contributed by atoms with Crippen molar-refractivity contribution < 1.29 is 9.84 Å². The lowest BCUT2D eigenvalue weighted by Gasteiger charge is -2.19. The smallest absolute Gasteiger partial charge is 0.119 e. The van der Waals surface area contributed by atoms with E-state index in [1.807, 2.05) is 24.3 Å². The van der Waals surface area contributed by atoms with Crippen LogP contribution in [0.3, 0.4) is 0 Å². The van der Waals surface area contributed by atoms with E-state index in [9.17, 15) is 5.11 Å². The Morgan fingerprint density at radius 3 is 2.61 bits per heavy atom. The lowest BCUT2D eigenvalue weighted by atomic mass is 9.92. The number of benzene rings is 1. The molecule has 0 saturated heterocycles. The highest BCUT2D eigenvalue weighted by molar-refractivity contribution is 5.32. The summed E-state index contributed by atoms with van der Waals surface area (Å²) in [4.78, 5) is 0. The zero-order valence-corrected chi connectivity index (χ0v) is 11.1. The van der Waals surface area contributed by atoms with E-state index in [1.165, 1.54) is 18.4 Å². The topological polar surface area (TPSA) is 29.5 Å². The first-order valence-electron chi connectivity index (χ1n) is 6.91. The summed E-state index contributed by atoms with van der Waals surface area (Å²) in [7, 11) is 0. The number of hydrogen-bond acceptors (Lipinski definition) is 2. The van der Waals surface area contributed by atoms with E-state index in [4.69, 9.17) is 4.74 Å². The van der Waals surface area contributed by atoms with Crippen LogP contribution in [0.5, 0.6) is 5.75 Å². The summed E-state index contributed by atoms with van der Waals surface area (Å²) < 4.78 is 5.54. The van der Waals surface area contributed by atoms with E-state index in [1.54, 1.807) is 0 Å². The van der Waals surface area contributed by atoms with Crippen molar-refractivity contribution in [2.75, 3.05) is 6.61 Å². The largest absolute Gasteiger partial charge is 0.494 e. The molecule has 1 aromatic rings. The second-order valence-corrected chi connectivity index (χ2v) is 4.84. The highest BCUT2D eigenvalue weighted by atomic mass is 16.5. The molecule has 0 fully saturated rings. The average molecular weight is 246 g/mol.